The summed E-state index contributed by atoms with van der Waals surface area (Å²) in [5.74, 6) is 0.586. The molecular formula is C23H20O3. The topological polar surface area (TPSA) is 46.5 Å². The molecule has 0 unspecified atom stereocenters. The first-order valence-corrected chi connectivity index (χ1v) is 8.38. The highest BCUT2D eigenvalue weighted by Gasteiger charge is 2.10. The summed E-state index contributed by atoms with van der Waals surface area (Å²) in [5.41, 5.74) is 3.94. The van der Waals surface area contributed by atoms with Gasteiger partial charge in [0.1, 0.15) is 11.5 Å². The fourth-order valence-corrected chi connectivity index (χ4v) is 2.63. The summed E-state index contributed by atoms with van der Waals surface area (Å²) in [6.45, 7) is 4.03. The third-order valence-corrected chi connectivity index (χ3v) is 4.08. The van der Waals surface area contributed by atoms with Crippen molar-refractivity contribution in [3.63, 3.8) is 0 Å². The Bertz CT molecular complexity index is 939. The van der Waals surface area contributed by atoms with Crippen LogP contribution in [-0.2, 0) is 4.79 Å². The summed E-state index contributed by atoms with van der Waals surface area (Å²) in [4.78, 5) is 11.6. The Balaban J connectivity index is 1.84. The SMILES string of the molecule is Cc1ccc(C)c(Oc2ccc(/C=C(\C(=O)O)c3ccccc3)cc2)c1. The zero-order valence-electron chi connectivity index (χ0n) is 14.8. The van der Waals surface area contributed by atoms with Crippen LogP contribution in [0.25, 0.3) is 11.6 Å². The first-order chi connectivity index (χ1) is 12.5. The molecule has 26 heavy (non-hydrogen) atoms. The second-order valence-electron chi connectivity index (χ2n) is 6.17. The van der Waals surface area contributed by atoms with Crippen LogP contribution in [0.5, 0.6) is 11.5 Å². The number of carboxylic acids is 1. The van der Waals surface area contributed by atoms with E-state index in [1.54, 1.807) is 18.2 Å². The molecule has 0 aromatic heterocycles. The van der Waals surface area contributed by atoms with E-state index in [0.29, 0.717) is 11.3 Å². The Morgan fingerprint density at radius 1 is 0.923 bits per heavy atom. The normalized spacial score (nSPS) is 11.2. The molecule has 0 saturated heterocycles. The lowest BCUT2D eigenvalue weighted by atomic mass is 10.0. The first-order valence-electron chi connectivity index (χ1n) is 8.38. The molecule has 0 bridgehead atoms. The van der Waals surface area contributed by atoms with Crippen molar-refractivity contribution in [2.24, 2.45) is 0 Å². The molecule has 1 N–H and O–H groups in total. The molecule has 3 aromatic rings. The molecule has 3 nitrogen and oxygen atoms in total. The van der Waals surface area contributed by atoms with Crippen molar-refractivity contribution < 1.29 is 14.6 Å². The van der Waals surface area contributed by atoms with Gasteiger partial charge in [-0.15, -0.1) is 0 Å². The summed E-state index contributed by atoms with van der Waals surface area (Å²) in [6, 6.07) is 22.6. The van der Waals surface area contributed by atoms with E-state index in [1.807, 2.05) is 74.5 Å². The van der Waals surface area contributed by atoms with Gasteiger partial charge in [0.2, 0.25) is 0 Å². The maximum atomic E-state index is 11.6. The van der Waals surface area contributed by atoms with Crippen molar-refractivity contribution in [2.75, 3.05) is 0 Å². The molecule has 3 rings (SSSR count). The summed E-state index contributed by atoms with van der Waals surface area (Å²) in [6.07, 6.45) is 1.67. The van der Waals surface area contributed by atoms with E-state index in [1.165, 1.54) is 0 Å². The number of ether oxygens (including phenoxy) is 1. The molecule has 0 saturated carbocycles. The summed E-state index contributed by atoms with van der Waals surface area (Å²) in [7, 11) is 0. The third-order valence-electron chi connectivity index (χ3n) is 4.08. The van der Waals surface area contributed by atoms with Gasteiger partial charge in [-0.2, -0.15) is 0 Å². The fourth-order valence-electron chi connectivity index (χ4n) is 2.63. The van der Waals surface area contributed by atoms with Gasteiger partial charge in [-0.1, -0.05) is 54.6 Å². The molecule has 0 spiro atoms. The minimum absolute atomic E-state index is 0.258. The summed E-state index contributed by atoms with van der Waals surface area (Å²) in [5, 5.41) is 9.50. The molecule has 0 amide bonds. The Hall–Kier alpha value is -3.33. The van der Waals surface area contributed by atoms with E-state index >= 15 is 0 Å². The maximum absolute atomic E-state index is 11.6. The molecule has 0 radical (unpaired) electrons. The van der Waals surface area contributed by atoms with Crippen molar-refractivity contribution in [2.45, 2.75) is 13.8 Å². The largest absolute Gasteiger partial charge is 0.478 e. The predicted molar refractivity (Wildman–Crippen MR) is 104 cm³/mol. The monoisotopic (exact) mass is 344 g/mol. The smallest absolute Gasteiger partial charge is 0.336 e. The lowest BCUT2D eigenvalue weighted by molar-refractivity contribution is -0.130. The number of aliphatic carboxylic acids is 1. The van der Waals surface area contributed by atoms with E-state index in [4.69, 9.17) is 4.74 Å². The molecule has 3 heteroatoms. The van der Waals surface area contributed by atoms with E-state index in [2.05, 4.69) is 0 Å². The molecule has 130 valence electrons. The highest BCUT2D eigenvalue weighted by Crippen LogP contribution is 2.27. The molecule has 0 aliphatic rings. The minimum Gasteiger partial charge on any atom is -0.478 e. The van der Waals surface area contributed by atoms with Gasteiger partial charge in [-0.3, -0.25) is 0 Å². The van der Waals surface area contributed by atoms with Crippen LogP contribution in [0.1, 0.15) is 22.3 Å². The molecule has 0 aliphatic heterocycles. The predicted octanol–water partition coefficient (Wildman–Crippen LogP) is 5.72. The van der Waals surface area contributed by atoms with Gasteiger partial charge in [-0.25, -0.2) is 4.79 Å². The molecule has 3 aromatic carbocycles. The van der Waals surface area contributed by atoms with E-state index in [9.17, 15) is 9.90 Å². The van der Waals surface area contributed by atoms with E-state index < -0.39 is 5.97 Å². The van der Waals surface area contributed by atoms with Crippen LogP contribution in [0.3, 0.4) is 0 Å². The van der Waals surface area contributed by atoms with Gasteiger partial charge in [-0.05, 0) is 60.4 Å². The molecule has 0 fully saturated rings. The van der Waals surface area contributed by atoms with Crippen molar-refractivity contribution in [1.82, 2.24) is 0 Å². The number of benzene rings is 3. The average Bonchev–Trinajstić information content (AvgIpc) is 2.64. The van der Waals surface area contributed by atoms with Gasteiger partial charge in [0.25, 0.3) is 0 Å². The van der Waals surface area contributed by atoms with Crippen LogP contribution in [0, 0.1) is 13.8 Å². The highest BCUT2D eigenvalue weighted by molar-refractivity contribution is 6.20. The minimum atomic E-state index is -0.952. The van der Waals surface area contributed by atoms with Crippen LogP contribution < -0.4 is 4.74 Å². The number of hydrogen-bond donors (Lipinski definition) is 1. The van der Waals surface area contributed by atoms with Crippen molar-refractivity contribution in [3.05, 3.63) is 95.1 Å². The second-order valence-corrected chi connectivity index (χ2v) is 6.17. The van der Waals surface area contributed by atoms with Crippen LogP contribution in [0.2, 0.25) is 0 Å². The van der Waals surface area contributed by atoms with Crippen LogP contribution >= 0.6 is 0 Å². The number of carboxylic acid groups (broad SMARTS) is 1. The number of carbonyl (C=O) groups is 1. The van der Waals surface area contributed by atoms with E-state index in [0.717, 1.165) is 22.4 Å². The van der Waals surface area contributed by atoms with Gasteiger partial charge >= 0.3 is 5.97 Å². The number of rotatable bonds is 5. The molecule has 0 aliphatic carbocycles. The third kappa shape index (κ3) is 4.19. The average molecular weight is 344 g/mol. The summed E-state index contributed by atoms with van der Waals surface area (Å²) >= 11 is 0. The Morgan fingerprint density at radius 3 is 2.27 bits per heavy atom. The fraction of sp³-hybridized carbons (Fsp3) is 0.0870. The first kappa shape index (κ1) is 17.5. The van der Waals surface area contributed by atoms with Crippen LogP contribution in [-0.4, -0.2) is 11.1 Å². The van der Waals surface area contributed by atoms with Crippen LogP contribution in [0.15, 0.2) is 72.8 Å². The van der Waals surface area contributed by atoms with Gasteiger partial charge in [0, 0.05) is 0 Å². The molecular weight excluding hydrogens is 324 g/mol. The number of aryl methyl sites for hydroxylation is 2. The zero-order chi connectivity index (χ0) is 18.5. The number of hydrogen-bond acceptors (Lipinski definition) is 2. The second kappa shape index (κ2) is 7.70. The van der Waals surface area contributed by atoms with Gasteiger partial charge in [0.05, 0.1) is 5.57 Å². The van der Waals surface area contributed by atoms with Crippen molar-refractivity contribution in [1.29, 1.82) is 0 Å². The Labute approximate surface area is 153 Å². The van der Waals surface area contributed by atoms with Crippen LogP contribution in [0.4, 0.5) is 0 Å². The van der Waals surface area contributed by atoms with E-state index in [-0.39, 0.29) is 5.57 Å². The highest BCUT2D eigenvalue weighted by atomic mass is 16.5. The quantitative estimate of drug-likeness (QED) is 0.475. The van der Waals surface area contributed by atoms with Gasteiger partial charge in [0.15, 0.2) is 0 Å². The van der Waals surface area contributed by atoms with Crippen molar-refractivity contribution >= 4 is 17.6 Å². The maximum Gasteiger partial charge on any atom is 0.336 e. The standard InChI is InChI=1S/C23H20O3/c1-16-8-9-17(2)22(14-16)26-20-12-10-18(11-13-20)15-21(23(24)25)19-6-4-3-5-7-19/h3-15H,1-2H3,(H,24,25)/b21-15-. The lowest BCUT2D eigenvalue weighted by Crippen LogP contribution is -1.99. The van der Waals surface area contributed by atoms with Crippen molar-refractivity contribution in [3.8, 4) is 11.5 Å². The molecule has 0 atom stereocenters. The molecule has 0 heterocycles. The zero-order valence-corrected chi connectivity index (χ0v) is 14.8. The van der Waals surface area contributed by atoms with Gasteiger partial charge < -0.3 is 9.84 Å². The Morgan fingerprint density at radius 2 is 1.62 bits per heavy atom. The lowest BCUT2D eigenvalue weighted by Gasteiger charge is -2.10. The Kier molecular flexibility index (Phi) is 5.18. The summed E-state index contributed by atoms with van der Waals surface area (Å²) < 4.78 is 5.95.